The summed E-state index contributed by atoms with van der Waals surface area (Å²) in [6.45, 7) is 6.61. The van der Waals surface area contributed by atoms with Gasteiger partial charge in [0.2, 0.25) is 0 Å². The Kier molecular flexibility index (Phi) is 16.5. The summed E-state index contributed by atoms with van der Waals surface area (Å²) in [6, 6.07) is 0. The zero-order chi connectivity index (χ0) is 8.41. The van der Waals surface area contributed by atoms with Gasteiger partial charge in [-0.05, 0) is 29.9 Å². The minimum atomic E-state index is 0.861. The van der Waals surface area contributed by atoms with E-state index in [4.69, 9.17) is 0 Å². The maximum absolute atomic E-state index is 2.23. The highest BCUT2D eigenvalue weighted by Crippen LogP contribution is 2.00. The first-order chi connectivity index (χ1) is 4.68. The van der Waals surface area contributed by atoms with Crippen LogP contribution in [-0.4, -0.2) is 24.0 Å². The van der Waals surface area contributed by atoms with E-state index in [1.54, 1.807) is 0 Å². The molecule has 0 fully saturated rings. The van der Waals surface area contributed by atoms with Crippen LogP contribution < -0.4 is 0 Å². The largest absolute Gasteiger partial charge is 0.166 e. The molecule has 0 unspecified atom stereocenters. The van der Waals surface area contributed by atoms with Gasteiger partial charge in [0, 0.05) is 0 Å². The van der Waals surface area contributed by atoms with E-state index in [0.717, 1.165) is 5.92 Å². The fraction of sp³-hybridized carbons (Fsp3) is 1.00. The van der Waals surface area contributed by atoms with E-state index in [1.807, 2.05) is 23.5 Å². The van der Waals surface area contributed by atoms with E-state index in [2.05, 4.69) is 33.3 Å². The second-order valence-electron chi connectivity index (χ2n) is 2.43. The first-order valence-corrected chi connectivity index (χ1v) is 6.45. The smallest absolute Gasteiger partial charge is 0.00472 e. The molecule has 0 N–H and O–H groups in total. The molecule has 0 spiro atoms. The molecule has 10 heavy (non-hydrogen) atoms. The first-order valence-electron chi connectivity index (χ1n) is 3.66. The van der Waals surface area contributed by atoms with Crippen LogP contribution in [0.25, 0.3) is 0 Å². The van der Waals surface area contributed by atoms with Crippen molar-refractivity contribution >= 4 is 23.5 Å². The van der Waals surface area contributed by atoms with Gasteiger partial charge in [0.15, 0.2) is 0 Å². The molecule has 0 aliphatic heterocycles. The number of rotatable bonds is 3. The van der Waals surface area contributed by atoms with Crippen molar-refractivity contribution in [2.75, 3.05) is 24.0 Å². The molecule has 0 atom stereocenters. The molecule has 64 valence electrons. The second kappa shape index (κ2) is 12.4. The van der Waals surface area contributed by atoms with E-state index in [0.29, 0.717) is 0 Å². The summed E-state index contributed by atoms with van der Waals surface area (Å²) in [5.74, 6) is 3.39. The molecular formula is C8H20S2. The van der Waals surface area contributed by atoms with Crippen LogP contribution in [-0.2, 0) is 0 Å². The van der Waals surface area contributed by atoms with Crippen molar-refractivity contribution in [1.82, 2.24) is 0 Å². The monoisotopic (exact) mass is 180 g/mol. The summed E-state index contributed by atoms with van der Waals surface area (Å²) >= 11 is 3.77. The van der Waals surface area contributed by atoms with E-state index < -0.39 is 0 Å². The van der Waals surface area contributed by atoms with Crippen LogP contribution in [0.4, 0.5) is 0 Å². The Balaban J connectivity index is 0. The van der Waals surface area contributed by atoms with Crippen LogP contribution in [0.3, 0.4) is 0 Å². The third-order valence-corrected chi connectivity index (χ3v) is 2.37. The Morgan fingerprint density at radius 1 is 1.10 bits per heavy atom. The minimum absolute atomic E-state index is 0.861. The summed E-state index contributed by atoms with van der Waals surface area (Å²) in [6.07, 6.45) is 4.24. The molecule has 2 heteroatoms. The van der Waals surface area contributed by atoms with Crippen molar-refractivity contribution in [3.05, 3.63) is 0 Å². The molecule has 0 saturated heterocycles. The van der Waals surface area contributed by atoms with E-state index in [1.165, 1.54) is 11.5 Å². The molecule has 0 radical (unpaired) electrons. The normalized spacial score (nSPS) is 9.00. The van der Waals surface area contributed by atoms with Gasteiger partial charge >= 0.3 is 0 Å². The third-order valence-electron chi connectivity index (χ3n) is 0.789. The van der Waals surface area contributed by atoms with Gasteiger partial charge in [-0.15, -0.1) is 0 Å². The molecule has 0 bridgehead atoms. The van der Waals surface area contributed by atoms with Crippen LogP contribution in [0, 0.1) is 5.92 Å². The summed E-state index contributed by atoms with van der Waals surface area (Å²) in [7, 11) is 0. The van der Waals surface area contributed by atoms with E-state index >= 15 is 0 Å². The Morgan fingerprint density at radius 2 is 1.50 bits per heavy atom. The van der Waals surface area contributed by atoms with Crippen LogP contribution in [0.15, 0.2) is 0 Å². The fourth-order valence-electron chi connectivity index (χ4n) is 0.333. The zero-order valence-corrected chi connectivity index (χ0v) is 9.44. The molecule has 0 aromatic carbocycles. The molecule has 0 saturated carbocycles. The standard InChI is InChI=1S/C5H12S.C3H8S/c1-5(2)4-6-3;1-3-4-2/h5H,4H2,1-3H3;3H2,1-2H3. The van der Waals surface area contributed by atoms with Crippen LogP contribution in [0.5, 0.6) is 0 Å². The fourth-order valence-corrected chi connectivity index (χ4v) is 1.00. The Hall–Kier alpha value is 0.700. The lowest BCUT2D eigenvalue weighted by Crippen LogP contribution is -1.87. The molecular weight excluding hydrogens is 160 g/mol. The van der Waals surface area contributed by atoms with Gasteiger partial charge in [0.05, 0.1) is 0 Å². The molecule has 0 nitrogen and oxygen atoms in total. The van der Waals surface area contributed by atoms with Gasteiger partial charge in [-0.1, -0.05) is 20.8 Å². The van der Waals surface area contributed by atoms with Crippen molar-refractivity contribution in [2.24, 2.45) is 5.92 Å². The molecule has 0 heterocycles. The number of hydrogen-bond acceptors (Lipinski definition) is 2. The summed E-state index contributed by atoms with van der Waals surface area (Å²) < 4.78 is 0. The maximum atomic E-state index is 2.23. The predicted octanol–water partition coefficient (Wildman–Crippen LogP) is 3.37. The van der Waals surface area contributed by atoms with Gasteiger partial charge in [0.25, 0.3) is 0 Å². The molecule has 0 aliphatic rings. The number of thioether (sulfide) groups is 2. The molecule has 0 aliphatic carbocycles. The van der Waals surface area contributed by atoms with E-state index in [9.17, 15) is 0 Å². The molecule has 0 aromatic heterocycles. The van der Waals surface area contributed by atoms with Crippen molar-refractivity contribution in [2.45, 2.75) is 20.8 Å². The van der Waals surface area contributed by atoms with Crippen LogP contribution in [0.2, 0.25) is 0 Å². The Morgan fingerprint density at radius 3 is 1.50 bits per heavy atom. The maximum Gasteiger partial charge on any atom is -0.00472 e. The Bertz CT molecular complexity index is 42.5. The highest BCUT2D eigenvalue weighted by Gasteiger charge is 1.85. The van der Waals surface area contributed by atoms with Crippen molar-refractivity contribution in [1.29, 1.82) is 0 Å². The molecule has 0 aromatic rings. The van der Waals surface area contributed by atoms with Crippen molar-refractivity contribution in [3.8, 4) is 0 Å². The predicted molar refractivity (Wildman–Crippen MR) is 57.3 cm³/mol. The van der Waals surface area contributed by atoms with Crippen molar-refractivity contribution < 1.29 is 0 Å². The highest BCUT2D eigenvalue weighted by atomic mass is 32.2. The summed E-state index contributed by atoms with van der Waals surface area (Å²) in [4.78, 5) is 0. The average molecular weight is 180 g/mol. The summed E-state index contributed by atoms with van der Waals surface area (Å²) in [5, 5.41) is 0. The minimum Gasteiger partial charge on any atom is -0.166 e. The van der Waals surface area contributed by atoms with Crippen LogP contribution >= 0.6 is 23.5 Å². The Labute approximate surface area is 74.5 Å². The SMILES string of the molecule is CCSC.CSCC(C)C. The third kappa shape index (κ3) is 23.4. The van der Waals surface area contributed by atoms with E-state index in [-0.39, 0.29) is 0 Å². The second-order valence-corrected chi connectivity index (χ2v) is 4.49. The molecule has 0 rings (SSSR count). The van der Waals surface area contributed by atoms with Gasteiger partial charge in [-0.25, -0.2) is 0 Å². The number of hydrogen-bond donors (Lipinski definition) is 0. The van der Waals surface area contributed by atoms with Gasteiger partial charge in [-0.3, -0.25) is 0 Å². The highest BCUT2D eigenvalue weighted by molar-refractivity contribution is 7.98. The lowest BCUT2D eigenvalue weighted by atomic mass is 10.3. The molecule has 0 amide bonds. The van der Waals surface area contributed by atoms with Gasteiger partial charge < -0.3 is 0 Å². The summed E-state index contributed by atoms with van der Waals surface area (Å²) in [5.41, 5.74) is 0. The zero-order valence-electron chi connectivity index (χ0n) is 7.81. The van der Waals surface area contributed by atoms with Crippen molar-refractivity contribution in [3.63, 3.8) is 0 Å². The lowest BCUT2D eigenvalue weighted by Gasteiger charge is -1.95. The average Bonchev–Trinajstić information content (AvgIpc) is 1.89. The van der Waals surface area contributed by atoms with Gasteiger partial charge in [0.1, 0.15) is 0 Å². The quantitative estimate of drug-likeness (QED) is 0.653. The van der Waals surface area contributed by atoms with Gasteiger partial charge in [-0.2, -0.15) is 23.5 Å². The van der Waals surface area contributed by atoms with Crippen LogP contribution in [0.1, 0.15) is 20.8 Å². The lowest BCUT2D eigenvalue weighted by molar-refractivity contribution is 0.751. The topological polar surface area (TPSA) is 0 Å². The first kappa shape index (κ1) is 13.3.